The van der Waals surface area contributed by atoms with Crippen LogP contribution < -0.4 is 15.8 Å². The molecule has 2 aromatic rings. The second-order valence-electron chi connectivity index (χ2n) is 4.56. The largest absolute Gasteiger partial charge is 0.489 e. The lowest BCUT2D eigenvalue weighted by Gasteiger charge is -2.08. The van der Waals surface area contributed by atoms with Gasteiger partial charge in [-0.2, -0.15) is 0 Å². The monoisotopic (exact) mass is 300 g/mol. The van der Waals surface area contributed by atoms with Crippen LogP contribution in [0.1, 0.15) is 18.1 Å². The van der Waals surface area contributed by atoms with E-state index in [4.69, 9.17) is 22.7 Å². The van der Waals surface area contributed by atoms with Crippen LogP contribution in [0.4, 0.5) is 5.69 Å². The highest BCUT2D eigenvalue weighted by molar-refractivity contribution is 7.80. The fraction of sp³-hybridized carbons (Fsp3) is 0.125. The molecule has 0 aliphatic rings. The van der Waals surface area contributed by atoms with Crippen molar-refractivity contribution in [3.63, 3.8) is 0 Å². The molecular formula is C16H16N2O2S. The number of nitrogens with two attached hydrogens (primary N) is 1. The number of anilines is 1. The van der Waals surface area contributed by atoms with Crippen LogP contribution in [0.3, 0.4) is 0 Å². The highest BCUT2D eigenvalue weighted by Crippen LogP contribution is 2.17. The molecule has 3 N–H and O–H groups in total. The Balaban J connectivity index is 1.98. The molecule has 0 unspecified atom stereocenters. The molecule has 0 fully saturated rings. The van der Waals surface area contributed by atoms with Crippen molar-refractivity contribution < 1.29 is 9.53 Å². The van der Waals surface area contributed by atoms with Crippen molar-refractivity contribution in [1.29, 1.82) is 0 Å². The first-order valence-corrected chi connectivity index (χ1v) is 6.84. The lowest BCUT2D eigenvalue weighted by Crippen LogP contribution is -2.09. The number of thiocarbonyl (C=S) groups is 1. The average Bonchev–Trinajstić information content (AvgIpc) is 2.46. The number of nitrogens with one attached hydrogen (secondary N) is 1. The van der Waals surface area contributed by atoms with Gasteiger partial charge in [-0.15, -0.1) is 0 Å². The maximum Gasteiger partial charge on any atom is 0.221 e. The zero-order valence-electron chi connectivity index (χ0n) is 11.6. The van der Waals surface area contributed by atoms with Crippen molar-refractivity contribution in [1.82, 2.24) is 0 Å². The molecule has 0 bridgehead atoms. The maximum atomic E-state index is 10.9. The lowest BCUT2D eigenvalue weighted by molar-refractivity contribution is -0.114. The third kappa shape index (κ3) is 4.57. The molecule has 21 heavy (non-hydrogen) atoms. The number of carbonyl (C=O) groups is 1. The van der Waals surface area contributed by atoms with E-state index in [0.717, 1.165) is 22.6 Å². The van der Waals surface area contributed by atoms with Crippen LogP contribution in [-0.4, -0.2) is 10.9 Å². The molecule has 0 aliphatic heterocycles. The Morgan fingerprint density at radius 1 is 1.24 bits per heavy atom. The van der Waals surface area contributed by atoms with Gasteiger partial charge in [-0.1, -0.05) is 30.4 Å². The first-order chi connectivity index (χ1) is 10.0. The molecule has 0 saturated carbocycles. The van der Waals surface area contributed by atoms with E-state index in [1.165, 1.54) is 6.92 Å². The summed E-state index contributed by atoms with van der Waals surface area (Å²) in [6.07, 6.45) is 0. The molecule has 0 aliphatic carbocycles. The summed E-state index contributed by atoms with van der Waals surface area (Å²) < 4.78 is 5.69. The summed E-state index contributed by atoms with van der Waals surface area (Å²) in [5.74, 6) is 0.628. The van der Waals surface area contributed by atoms with Crippen LogP contribution in [-0.2, 0) is 11.4 Å². The van der Waals surface area contributed by atoms with Gasteiger partial charge in [-0.25, -0.2) is 0 Å². The van der Waals surface area contributed by atoms with Gasteiger partial charge >= 0.3 is 0 Å². The van der Waals surface area contributed by atoms with E-state index in [1.807, 2.05) is 36.4 Å². The minimum absolute atomic E-state index is 0.0989. The molecule has 0 atom stereocenters. The second kappa shape index (κ2) is 6.85. The third-order valence-corrected chi connectivity index (χ3v) is 3.03. The third-order valence-electron chi connectivity index (χ3n) is 2.79. The van der Waals surface area contributed by atoms with Crippen LogP contribution in [0.2, 0.25) is 0 Å². The Labute approximate surface area is 128 Å². The summed E-state index contributed by atoms with van der Waals surface area (Å²) in [5, 5.41) is 2.70. The lowest BCUT2D eigenvalue weighted by atomic mass is 10.1. The van der Waals surface area contributed by atoms with Gasteiger partial charge in [-0.05, 0) is 35.9 Å². The minimum atomic E-state index is -0.0989. The summed E-state index contributed by atoms with van der Waals surface area (Å²) in [4.78, 5) is 11.3. The van der Waals surface area contributed by atoms with Crippen molar-refractivity contribution in [2.75, 3.05) is 5.32 Å². The summed E-state index contributed by atoms with van der Waals surface area (Å²) >= 11 is 4.95. The maximum absolute atomic E-state index is 10.9. The zero-order chi connectivity index (χ0) is 15.2. The number of carbonyl (C=O) groups excluding carboxylic acids is 1. The first kappa shape index (κ1) is 15.0. The molecule has 4 nitrogen and oxygen atoms in total. The van der Waals surface area contributed by atoms with E-state index in [1.54, 1.807) is 12.1 Å². The van der Waals surface area contributed by atoms with Gasteiger partial charge in [-0.3, -0.25) is 4.79 Å². The summed E-state index contributed by atoms with van der Waals surface area (Å²) in [7, 11) is 0. The predicted octanol–water partition coefficient (Wildman–Crippen LogP) is 2.86. The molecule has 0 radical (unpaired) electrons. The topological polar surface area (TPSA) is 64.3 Å². The van der Waals surface area contributed by atoms with Crippen LogP contribution in [0, 0.1) is 0 Å². The SMILES string of the molecule is CC(=O)Nc1ccc(OCc2cccc(C(N)=S)c2)cc1. The van der Waals surface area contributed by atoms with Gasteiger partial charge in [0.2, 0.25) is 5.91 Å². The molecule has 108 valence electrons. The molecule has 1 amide bonds. The second-order valence-corrected chi connectivity index (χ2v) is 5.00. The normalized spacial score (nSPS) is 9.95. The molecule has 0 aromatic heterocycles. The highest BCUT2D eigenvalue weighted by atomic mass is 32.1. The van der Waals surface area contributed by atoms with Gasteiger partial charge in [0.05, 0.1) is 0 Å². The highest BCUT2D eigenvalue weighted by Gasteiger charge is 2.01. The van der Waals surface area contributed by atoms with Crippen molar-refractivity contribution in [2.45, 2.75) is 13.5 Å². The Bertz CT molecular complexity index is 654. The van der Waals surface area contributed by atoms with E-state index in [-0.39, 0.29) is 5.91 Å². The molecular weight excluding hydrogens is 284 g/mol. The van der Waals surface area contributed by atoms with E-state index >= 15 is 0 Å². The van der Waals surface area contributed by atoms with Crippen LogP contribution in [0.5, 0.6) is 5.75 Å². The summed E-state index contributed by atoms with van der Waals surface area (Å²) in [5.41, 5.74) is 8.16. The standard InChI is InChI=1S/C16H16N2O2S/c1-11(19)18-14-5-7-15(8-6-14)20-10-12-3-2-4-13(9-12)16(17)21/h2-9H,10H2,1H3,(H2,17,21)(H,18,19). The smallest absolute Gasteiger partial charge is 0.221 e. The molecule has 5 heteroatoms. The predicted molar refractivity (Wildman–Crippen MR) is 87.4 cm³/mol. The summed E-state index contributed by atoms with van der Waals surface area (Å²) in [6, 6.07) is 14.8. The van der Waals surface area contributed by atoms with E-state index in [2.05, 4.69) is 5.32 Å². The number of rotatable bonds is 5. The first-order valence-electron chi connectivity index (χ1n) is 6.44. The number of benzene rings is 2. The van der Waals surface area contributed by atoms with Gasteiger partial charge in [0.1, 0.15) is 17.3 Å². The number of amides is 1. The summed E-state index contributed by atoms with van der Waals surface area (Å²) in [6.45, 7) is 1.90. The fourth-order valence-corrected chi connectivity index (χ4v) is 1.95. The van der Waals surface area contributed by atoms with E-state index < -0.39 is 0 Å². The van der Waals surface area contributed by atoms with Crippen molar-refractivity contribution in [3.8, 4) is 5.75 Å². The Kier molecular flexibility index (Phi) is 4.90. The quantitative estimate of drug-likeness (QED) is 0.833. The molecule has 2 rings (SSSR count). The zero-order valence-corrected chi connectivity index (χ0v) is 12.4. The Hall–Kier alpha value is -2.40. The number of ether oxygens (including phenoxy) is 1. The van der Waals surface area contributed by atoms with Gasteiger partial charge in [0.25, 0.3) is 0 Å². The van der Waals surface area contributed by atoms with Crippen LogP contribution >= 0.6 is 12.2 Å². The molecule has 2 aromatic carbocycles. The van der Waals surface area contributed by atoms with Crippen LogP contribution in [0.25, 0.3) is 0 Å². The average molecular weight is 300 g/mol. The van der Waals surface area contributed by atoms with Crippen LogP contribution in [0.15, 0.2) is 48.5 Å². The molecule has 0 spiro atoms. The van der Waals surface area contributed by atoms with Crippen molar-refractivity contribution in [2.24, 2.45) is 5.73 Å². The van der Waals surface area contributed by atoms with Crippen molar-refractivity contribution >= 4 is 28.8 Å². The van der Waals surface area contributed by atoms with Gasteiger partial charge in [0.15, 0.2) is 0 Å². The number of hydrogen-bond donors (Lipinski definition) is 2. The Morgan fingerprint density at radius 3 is 2.57 bits per heavy atom. The fourth-order valence-electron chi connectivity index (χ4n) is 1.82. The van der Waals surface area contributed by atoms with Gasteiger partial charge < -0.3 is 15.8 Å². The minimum Gasteiger partial charge on any atom is -0.489 e. The van der Waals surface area contributed by atoms with Gasteiger partial charge in [0, 0.05) is 18.2 Å². The Morgan fingerprint density at radius 2 is 1.95 bits per heavy atom. The van der Waals surface area contributed by atoms with Crippen molar-refractivity contribution in [3.05, 3.63) is 59.7 Å². The molecule has 0 heterocycles. The molecule has 0 saturated heterocycles. The number of hydrogen-bond acceptors (Lipinski definition) is 3. The van der Waals surface area contributed by atoms with E-state index in [0.29, 0.717) is 11.6 Å². The van der Waals surface area contributed by atoms with E-state index in [9.17, 15) is 4.79 Å².